The molecule has 0 unspecified atom stereocenters. The molecular weight excluding hydrogens is 236 g/mol. The van der Waals surface area contributed by atoms with E-state index in [-0.39, 0.29) is 11.4 Å². The second kappa shape index (κ2) is 3.74. The summed E-state index contributed by atoms with van der Waals surface area (Å²) < 4.78 is 0. The van der Waals surface area contributed by atoms with Crippen LogP contribution in [0.5, 0.6) is 0 Å². The second-order valence-corrected chi connectivity index (χ2v) is 3.31. The van der Waals surface area contributed by atoms with Gasteiger partial charge >= 0.3 is 0 Å². The van der Waals surface area contributed by atoms with Crippen LogP contribution in [0.3, 0.4) is 0 Å². The number of hydrogen-bond acceptors (Lipinski definition) is 3. The molecule has 4 nitrogen and oxygen atoms in total. The maximum absolute atomic E-state index is 10.6. The van der Waals surface area contributed by atoms with E-state index in [0.29, 0.717) is 5.33 Å². The molecule has 0 atom stereocenters. The van der Waals surface area contributed by atoms with E-state index in [1.807, 2.05) is 6.07 Å². The van der Waals surface area contributed by atoms with Crippen molar-refractivity contribution in [3.63, 3.8) is 0 Å². The van der Waals surface area contributed by atoms with Gasteiger partial charge in [0.2, 0.25) is 0 Å². The Morgan fingerprint density at radius 2 is 2.23 bits per heavy atom. The number of rotatable bonds is 2. The number of nitrogens with two attached hydrogens (primary N) is 1. The van der Waals surface area contributed by atoms with Gasteiger partial charge in [-0.25, -0.2) is 0 Å². The highest BCUT2D eigenvalue weighted by atomic mass is 79.9. The van der Waals surface area contributed by atoms with Gasteiger partial charge in [0, 0.05) is 11.4 Å². The minimum absolute atomic E-state index is 0.0190. The number of nitrogens with zero attached hydrogens (tertiary/aromatic N) is 1. The summed E-state index contributed by atoms with van der Waals surface area (Å²) in [6.45, 7) is 1.80. The number of hydrogen-bond donors (Lipinski definition) is 1. The van der Waals surface area contributed by atoms with E-state index in [4.69, 9.17) is 5.73 Å². The van der Waals surface area contributed by atoms with Crippen molar-refractivity contribution < 1.29 is 4.92 Å². The monoisotopic (exact) mass is 244 g/mol. The molecule has 0 aromatic heterocycles. The van der Waals surface area contributed by atoms with Gasteiger partial charge in [0.25, 0.3) is 5.69 Å². The molecule has 0 spiro atoms. The first-order valence-electron chi connectivity index (χ1n) is 3.65. The van der Waals surface area contributed by atoms with Crippen LogP contribution in [0.25, 0.3) is 0 Å². The first-order chi connectivity index (χ1) is 6.06. The van der Waals surface area contributed by atoms with Crippen molar-refractivity contribution in [3.05, 3.63) is 33.4 Å². The predicted molar refractivity (Wildman–Crippen MR) is 54.9 cm³/mol. The van der Waals surface area contributed by atoms with Crippen molar-refractivity contribution in [3.8, 4) is 0 Å². The third-order valence-corrected chi connectivity index (χ3v) is 2.33. The minimum Gasteiger partial charge on any atom is -0.393 e. The van der Waals surface area contributed by atoms with Crippen molar-refractivity contribution in [1.29, 1.82) is 0 Å². The average Bonchev–Trinajstić information content (AvgIpc) is 2.08. The van der Waals surface area contributed by atoms with Gasteiger partial charge in [-0.05, 0) is 18.1 Å². The van der Waals surface area contributed by atoms with Crippen LogP contribution in [0.1, 0.15) is 11.1 Å². The smallest absolute Gasteiger partial charge is 0.292 e. The van der Waals surface area contributed by atoms with Crippen molar-refractivity contribution in [1.82, 2.24) is 0 Å². The van der Waals surface area contributed by atoms with E-state index in [0.717, 1.165) is 11.1 Å². The lowest BCUT2D eigenvalue weighted by molar-refractivity contribution is -0.384. The van der Waals surface area contributed by atoms with Gasteiger partial charge < -0.3 is 5.73 Å². The third kappa shape index (κ3) is 1.98. The molecule has 1 aromatic rings. The molecule has 0 radical (unpaired) electrons. The molecule has 1 aromatic carbocycles. The first kappa shape index (κ1) is 9.98. The van der Waals surface area contributed by atoms with Crippen LogP contribution in [0, 0.1) is 17.0 Å². The molecular formula is C8H9BrN2O2. The molecule has 1 rings (SSSR count). The Balaban J connectivity index is 3.35. The molecule has 0 aliphatic heterocycles. The molecule has 5 heteroatoms. The molecule has 0 fully saturated rings. The van der Waals surface area contributed by atoms with Crippen LogP contribution in [0.15, 0.2) is 12.1 Å². The van der Waals surface area contributed by atoms with Gasteiger partial charge in [0.1, 0.15) is 5.69 Å². The van der Waals surface area contributed by atoms with E-state index in [9.17, 15) is 10.1 Å². The lowest BCUT2D eigenvalue weighted by atomic mass is 10.1. The summed E-state index contributed by atoms with van der Waals surface area (Å²) in [7, 11) is 0. The maximum atomic E-state index is 10.6. The fourth-order valence-electron chi connectivity index (χ4n) is 1.11. The van der Waals surface area contributed by atoms with E-state index < -0.39 is 4.92 Å². The maximum Gasteiger partial charge on any atom is 0.292 e. The SMILES string of the molecule is Cc1cc(CBr)c(N)c([N+](=O)[O-])c1. The molecule has 0 aliphatic rings. The zero-order valence-corrected chi connectivity index (χ0v) is 8.67. The summed E-state index contributed by atoms with van der Waals surface area (Å²) in [5.74, 6) is 0. The summed E-state index contributed by atoms with van der Waals surface area (Å²) in [5, 5.41) is 11.1. The summed E-state index contributed by atoms with van der Waals surface area (Å²) in [6.07, 6.45) is 0. The summed E-state index contributed by atoms with van der Waals surface area (Å²) in [4.78, 5) is 10.1. The molecule has 0 aliphatic carbocycles. The van der Waals surface area contributed by atoms with E-state index in [1.54, 1.807) is 6.92 Å². The molecule has 0 saturated carbocycles. The number of halogens is 1. The van der Waals surface area contributed by atoms with Crippen LogP contribution < -0.4 is 5.73 Å². The number of nitro groups is 1. The zero-order chi connectivity index (χ0) is 10.0. The zero-order valence-electron chi connectivity index (χ0n) is 7.08. The largest absolute Gasteiger partial charge is 0.393 e. The molecule has 0 bridgehead atoms. The Morgan fingerprint density at radius 1 is 1.62 bits per heavy atom. The van der Waals surface area contributed by atoms with E-state index in [1.165, 1.54) is 6.07 Å². The highest BCUT2D eigenvalue weighted by Crippen LogP contribution is 2.28. The molecule has 2 N–H and O–H groups in total. The Hall–Kier alpha value is -1.10. The lowest BCUT2D eigenvalue weighted by Gasteiger charge is -2.04. The first-order valence-corrected chi connectivity index (χ1v) is 4.77. The quantitative estimate of drug-likeness (QED) is 0.376. The fraction of sp³-hybridized carbons (Fsp3) is 0.250. The average molecular weight is 245 g/mol. The number of alkyl halides is 1. The predicted octanol–water partition coefficient (Wildman–Crippen LogP) is 2.38. The summed E-state index contributed by atoms with van der Waals surface area (Å²) in [6, 6.07) is 3.30. The topological polar surface area (TPSA) is 69.2 Å². The van der Waals surface area contributed by atoms with Crippen molar-refractivity contribution >= 4 is 27.3 Å². The van der Waals surface area contributed by atoms with Crippen LogP contribution in [-0.4, -0.2) is 4.92 Å². The molecule has 13 heavy (non-hydrogen) atoms. The van der Waals surface area contributed by atoms with Crippen LogP contribution in [0.4, 0.5) is 11.4 Å². The molecule has 0 amide bonds. The standard InChI is InChI=1S/C8H9BrN2O2/c1-5-2-6(4-9)8(10)7(3-5)11(12)13/h2-3H,4,10H2,1H3. The van der Waals surface area contributed by atoms with Crippen molar-refractivity contribution in [2.45, 2.75) is 12.3 Å². The second-order valence-electron chi connectivity index (χ2n) is 2.75. The Morgan fingerprint density at radius 3 is 2.69 bits per heavy atom. The van der Waals surface area contributed by atoms with E-state index >= 15 is 0 Å². The van der Waals surface area contributed by atoms with Crippen molar-refractivity contribution in [2.24, 2.45) is 0 Å². The number of aryl methyl sites for hydroxylation is 1. The van der Waals surface area contributed by atoms with Gasteiger partial charge in [-0.1, -0.05) is 22.0 Å². The lowest BCUT2D eigenvalue weighted by Crippen LogP contribution is -1.99. The number of nitrogen functional groups attached to an aromatic ring is 1. The Bertz CT molecular complexity index is 352. The van der Waals surface area contributed by atoms with Crippen LogP contribution >= 0.6 is 15.9 Å². The normalized spacial score (nSPS) is 10.0. The van der Waals surface area contributed by atoms with Gasteiger partial charge in [0.15, 0.2) is 0 Å². The van der Waals surface area contributed by atoms with Gasteiger partial charge in [-0.3, -0.25) is 10.1 Å². The van der Waals surface area contributed by atoms with Gasteiger partial charge in [-0.2, -0.15) is 0 Å². The van der Waals surface area contributed by atoms with Gasteiger partial charge in [-0.15, -0.1) is 0 Å². The van der Waals surface area contributed by atoms with Gasteiger partial charge in [0.05, 0.1) is 4.92 Å². The Labute approximate surface area is 84.0 Å². The molecule has 0 saturated heterocycles. The number of nitro benzene ring substituents is 1. The molecule has 70 valence electrons. The number of benzene rings is 1. The summed E-state index contributed by atoms with van der Waals surface area (Å²) in [5.41, 5.74) is 7.42. The van der Waals surface area contributed by atoms with Crippen molar-refractivity contribution in [2.75, 3.05) is 5.73 Å². The summed E-state index contributed by atoms with van der Waals surface area (Å²) >= 11 is 3.22. The minimum atomic E-state index is -0.464. The molecule has 0 heterocycles. The van der Waals surface area contributed by atoms with Crippen LogP contribution in [0.2, 0.25) is 0 Å². The number of anilines is 1. The highest BCUT2D eigenvalue weighted by Gasteiger charge is 2.14. The highest BCUT2D eigenvalue weighted by molar-refractivity contribution is 9.08. The van der Waals surface area contributed by atoms with Crippen LogP contribution in [-0.2, 0) is 5.33 Å². The fourth-order valence-corrected chi connectivity index (χ4v) is 1.58. The third-order valence-electron chi connectivity index (χ3n) is 1.73. The Kier molecular flexibility index (Phi) is 2.87. The van der Waals surface area contributed by atoms with E-state index in [2.05, 4.69) is 15.9 Å².